The molecule has 2 saturated heterocycles. The lowest BCUT2D eigenvalue weighted by Crippen LogP contribution is -2.56. The lowest BCUT2D eigenvalue weighted by molar-refractivity contribution is -0.145. The molecule has 0 bridgehead atoms. The molecule has 0 saturated carbocycles. The Morgan fingerprint density at radius 2 is 1.45 bits per heavy atom. The maximum atomic E-state index is 14.6. The van der Waals surface area contributed by atoms with Gasteiger partial charge in [-0.3, -0.25) is 14.4 Å². The first-order chi connectivity index (χ1) is 21.3. The summed E-state index contributed by atoms with van der Waals surface area (Å²) in [4.78, 5) is 48.5. The maximum absolute atomic E-state index is 14.6. The van der Waals surface area contributed by atoms with Crippen LogP contribution >= 0.6 is 0 Å². The van der Waals surface area contributed by atoms with E-state index in [1.54, 1.807) is 29.0 Å². The fourth-order valence-electron chi connectivity index (χ4n) is 7.36. The summed E-state index contributed by atoms with van der Waals surface area (Å²) < 4.78 is 17.9. The predicted octanol–water partition coefficient (Wildman–Crippen LogP) is 3.34. The molecule has 3 amide bonds. The molecule has 10 nitrogen and oxygen atoms in total. The lowest BCUT2D eigenvalue weighted by atomic mass is 9.73. The topological polar surface area (TPSA) is 109 Å². The van der Waals surface area contributed by atoms with Gasteiger partial charge in [-0.25, -0.2) is 0 Å². The first kappa shape index (κ1) is 29.9. The number of benzene rings is 2. The summed E-state index contributed by atoms with van der Waals surface area (Å²) in [6.45, 7) is 5.01. The van der Waals surface area contributed by atoms with E-state index < -0.39 is 29.1 Å². The number of amides is 3. The van der Waals surface area contributed by atoms with Gasteiger partial charge in [0, 0.05) is 37.6 Å². The van der Waals surface area contributed by atoms with Crippen molar-refractivity contribution < 1.29 is 33.7 Å². The van der Waals surface area contributed by atoms with Crippen molar-refractivity contribution in [3.05, 3.63) is 72.8 Å². The van der Waals surface area contributed by atoms with Gasteiger partial charge >= 0.3 is 0 Å². The number of rotatable bonds is 9. The number of hydrogen-bond acceptors (Lipinski definition) is 7. The third-order valence-electron chi connectivity index (χ3n) is 9.34. The normalized spacial score (nSPS) is 29.3. The number of hydrogen-bond donors (Lipinski definition) is 1. The zero-order valence-corrected chi connectivity index (χ0v) is 25.3. The maximum Gasteiger partial charge on any atom is 0.253 e. The molecular formula is C34H39N3O7. The predicted molar refractivity (Wildman–Crippen MR) is 165 cm³/mol. The number of anilines is 2. The van der Waals surface area contributed by atoms with Crippen molar-refractivity contribution in [2.24, 2.45) is 11.8 Å². The zero-order chi connectivity index (χ0) is 31.1. The van der Waals surface area contributed by atoms with Crippen LogP contribution in [-0.4, -0.2) is 84.9 Å². The number of aliphatic hydroxyl groups excluding tert-OH is 1. The number of ether oxygens (including phenoxy) is 3. The summed E-state index contributed by atoms with van der Waals surface area (Å²) in [6, 6.07) is 13.5. The molecule has 5 atom stereocenters. The largest absolute Gasteiger partial charge is 0.497 e. The Morgan fingerprint density at radius 3 is 2.05 bits per heavy atom. The van der Waals surface area contributed by atoms with Crippen molar-refractivity contribution >= 4 is 29.1 Å². The standard InChI is InChI=1S/C34H39N3O7/c1-4-33-17-6-19-35(23-11-15-26(16-12-23)43-5-2)30(39)27(33)28-31(40)37(21-8-22-38)29-32(41)36(20-7-18-34(28,29)44-33)24-9-13-25(42-3)14-10-24/h6-7,9-18,27-29,38H,4-5,8,19-22H2,1-3H3/t27-,28-,29?,33+,34-/m0/s1. The first-order valence-electron chi connectivity index (χ1n) is 15.3. The van der Waals surface area contributed by atoms with E-state index in [1.807, 2.05) is 74.5 Å². The van der Waals surface area contributed by atoms with E-state index in [-0.39, 0.29) is 37.4 Å². The van der Waals surface area contributed by atoms with Crippen molar-refractivity contribution in [1.29, 1.82) is 0 Å². The number of carbonyl (C=O) groups excluding carboxylic acids is 3. The minimum absolute atomic E-state index is 0.142. The number of carbonyl (C=O) groups is 3. The molecule has 4 aliphatic rings. The third kappa shape index (κ3) is 4.59. The molecule has 1 N–H and O–H groups in total. The fourth-order valence-corrected chi connectivity index (χ4v) is 7.36. The highest BCUT2D eigenvalue weighted by atomic mass is 16.5. The Balaban J connectivity index is 1.43. The van der Waals surface area contributed by atoms with Crippen LogP contribution in [0.25, 0.3) is 0 Å². The molecule has 1 unspecified atom stereocenters. The minimum atomic E-state index is -1.37. The van der Waals surface area contributed by atoms with Crippen LogP contribution in [0.15, 0.2) is 72.8 Å². The van der Waals surface area contributed by atoms with Gasteiger partial charge in [-0.05, 0) is 68.3 Å². The third-order valence-corrected chi connectivity index (χ3v) is 9.34. The Kier molecular flexibility index (Phi) is 7.98. The van der Waals surface area contributed by atoms with E-state index in [1.165, 1.54) is 4.90 Å². The summed E-state index contributed by atoms with van der Waals surface area (Å²) in [5, 5.41) is 9.70. The Labute approximate surface area is 257 Å². The molecule has 10 heteroatoms. The SMILES string of the molecule is CCOc1ccc(N2CC=C[C@@]3(CC)O[C@]45C=CCN(c6ccc(OC)cc6)C(=O)C4N(CCCO)C(=O)[C@@H]5[C@H]3C2=O)cc1. The Hall–Kier alpha value is -4.15. The van der Waals surface area contributed by atoms with Crippen molar-refractivity contribution in [1.82, 2.24) is 4.90 Å². The molecule has 0 radical (unpaired) electrons. The van der Waals surface area contributed by atoms with Gasteiger partial charge < -0.3 is 34.0 Å². The van der Waals surface area contributed by atoms with Crippen molar-refractivity contribution in [3.63, 3.8) is 0 Å². The summed E-state index contributed by atoms with van der Waals surface area (Å²) in [5.41, 5.74) is -1.11. The highest BCUT2D eigenvalue weighted by molar-refractivity contribution is 6.07. The number of fused-ring (bicyclic) bond motifs is 2. The van der Waals surface area contributed by atoms with Gasteiger partial charge in [0.25, 0.3) is 5.91 Å². The van der Waals surface area contributed by atoms with Crippen LogP contribution in [0.5, 0.6) is 11.5 Å². The van der Waals surface area contributed by atoms with Crippen LogP contribution in [0, 0.1) is 11.8 Å². The molecule has 1 spiro atoms. The van der Waals surface area contributed by atoms with Crippen LogP contribution in [-0.2, 0) is 19.1 Å². The molecule has 2 aromatic rings. The average Bonchev–Trinajstić information content (AvgIpc) is 3.32. The van der Waals surface area contributed by atoms with E-state index in [9.17, 15) is 19.5 Å². The highest BCUT2D eigenvalue weighted by Crippen LogP contribution is 2.58. The van der Waals surface area contributed by atoms with Gasteiger partial charge in [0.15, 0.2) is 0 Å². The molecule has 0 aromatic heterocycles. The Bertz CT molecular complexity index is 1470. The van der Waals surface area contributed by atoms with Crippen LogP contribution in [0.1, 0.15) is 26.7 Å². The second-order valence-corrected chi connectivity index (χ2v) is 11.6. The van der Waals surface area contributed by atoms with Gasteiger partial charge in [-0.15, -0.1) is 0 Å². The monoisotopic (exact) mass is 601 g/mol. The molecular weight excluding hydrogens is 562 g/mol. The van der Waals surface area contributed by atoms with Gasteiger partial charge in [-0.2, -0.15) is 0 Å². The van der Waals surface area contributed by atoms with E-state index in [4.69, 9.17) is 14.2 Å². The fraction of sp³-hybridized carbons (Fsp3) is 0.441. The number of aliphatic hydroxyl groups is 1. The highest BCUT2D eigenvalue weighted by Gasteiger charge is 2.75. The molecule has 4 heterocycles. The lowest BCUT2D eigenvalue weighted by Gasteiger charge is -2.38. The summed E-state index contributed by atoms with van der Waals surface area (Å²) in [7, 11) is 1.58. The Morgan fingerprint density at radius 1 is 0.841 bits per heavy atom. The van der Waals surface area contributed by atoms with Crippen molar-refractivity contribution in [2.75, 3.05) is 49.8 Å². The van der Waals surface area contributed by atoms with Gasteiger partial charge in [0.1, 0.15) is 23.1 Å². The number of nitrogens with zero attached hydrogens (tertiary/aromatic N) is 3. The number of methoxy groups -OCH3 is 1. The number of likely N-dealkylation sites (tertiary alicyclic amines) is 1. The minimum Gasteiger partial charge on any atom is -0.497 e. The van der Waals surface area contributed by atoms with Crippen LogP contribution in [0.2, 0.25) is 0 Å². The summed E-state index contributed by atoms with van der Waals surface area (Å²) in [5.74, 6) is -1.26. The molecule has 6 rings (SSSR count). The second kappa shape index (κ2) is 11.7. The molecule has 2 fully saturated rings. The first-order valence-corrected chi connectivity index (χ1v) is 15.3. The smallest absolute Gasteiger partial charge is 0.253 e. The van der Waals surface area contributed by atoms with Crippen molar-refractivity contribution in [3.8, 4) is 11.5 Å². The summed E-state index contributed by atoms with van der Waals surface area (Å²) in [6.07, 6.45) is 8.28. The molecule has 4 aliphatic heterocycles. The second-order valence-electron chi connectivity index (χ2n) is 11.6. The molecule has 0 aliphatic carbocycles. The average molecular weight is 602 g/mol. The molecule has 2 aromatic carbocycles. The van der Waals surface area contributed by atoms with E-state index in [0.29, 0.717) is 48.9 Å². The van der Waals surface area contributed by atoms with Gasteiger partial charge in [0.05, 0.1) is 31.2 Å². The van der Waals surface area contributed by atoms with E-state index in [0.717, 1.165) is 0 Å². The van der Waals surface area contributed by atoms with E-state index in [2.05, 4.69) is 0 Å². The van der Waals surface area contributed by atoms with Crippen LogP contribution < -0.4 is 19.3 Å². The zero-order valence-electron chi connectivity index (χ0n) is 25.3. The van der Waals surface area contributed by atoms with Crippen LogP contribution in [0.3, 0.4) is 0 Å². The molecule has 44 heavy (non-hydrogen) atoms. The van der Waals surface area contributed by atoms with Gasteiger partial charge in [0.2, 0.25) is 11.8 Å². The van der Waals surface area contributed by atoms with Gasteiger partial charge in [-0.1, -0.05) is 31.2 Å². The molecule has 232 valence electrons. The van der Waals surface area contributed by atoms with Crippen LogP contribution in [0.4, 0.5) is 11.4 Å². The van der Waals surface area contributed by atoms with E-state index >= 15 is 0 Å². The quantitative estimate of drug-likeness (QED) is 0.439. The summed E-state index contributed by atoms with van der Waals surface area (Å²) >= 11 is 0. The van der Waals surface area contributed by atoms with Crippen molar-refractivity contribution in [2.45, 2.75) is 43.9 Å².